The van der Waals surface area contributed by atoms with E-state index in [2.05, 4.69) is 44.4 Å². The first-order chi connectivity index (χ1) is 20.3. The van der Waals surface area contributed by atoms with E-state index in [0.717, 1.165) is 60.5 Å². The lowest BCUT2D eigenvalue weighted by Gasteiger charge is -2.29. The summed E-state index contributed by atoms with van der Waals surface area (Å²) < 4.78 is 24.7. The summed E-state index contributed by atoms with van der Waals surface area (Å²) in [6.45, 7) is 2.24. The van der Waals surface area contributed by atoms with E-state index in [1.165, 1.54) is 18.3 Å². The summed E-state index contributed by atoms with van der Waals surface area (Å²) in [5.41, 5.74) is 2.60. The van der Waals surface area contributed by atoms with Gasteiger partial charge in [-0.15, -0.1) is 0 Å². The van der Waals surface area contributed by atoms with E-state index < -0.39 is 23.1 Å². The fourth-order valence-electron chi connectivity index (χ4n) is 4.31. The highest BCUT2D eigenvalue weighted by Crippen LogP contribution is 2.17. The second-order valence-corrected chi connectivity index (χ2v) is 9.80. The third-order valence-electron chi connectivity index (χ3n) is 6.63. The Morgan fingerprint density at radius 1 is 1.12 bits per heavy atom. The van der Waals surface area contributed by atoms with Gasteiger partial charge in [0.2, 0.25) is 0 Å². The number of piperidine rings is 1. The molecule has 0 aliphatic carbocycles. The summed E-state index contributed by atoms with van der Waals surface area (Å²) in [5.74, 6) is 4.53. The molecule has 1 aliphatic rings. The molecule has 42 heavy (non-hydrogen) atoms. The fourth-order valence-corrected chi connectivity index (χ4v) is 4.31. The second-order valence-electron chi connectivity index (χ2n) is 9.80. The minimum absolute atomic E-state index is 0.0505. The summed E-state index contributed by atoms with van der Waals surface area (Å²) >= 11 is 0. The number of carbonyl (C=O) groups is 1. The van der Waals surface area contributed by atoms with Crippen LogP contribution >= 0.6 is 0 Å². The van der Waals surface area contributed by atoms with Gasteiger partial charge in [0, 0.05) is 24.4 Å². The van der Waals surface area contributed by atoms with Crippen LogP contribution in [0.2, 0.25) is 0 Å². The average Bonchev–Trinajstić information content (AvgIpc) is 2.99. The number of benzene rings is 2. The average molecular weight is 575 g/mol. The van der Waals surface area contributed by atoms with Crippen molar-refractivity contribution < 1.29 is 18.7 Å². The molecule has 1 saturated heterocycles. The van der Waals surface area contributed by atoms with E-state index in [9.17, 15) is 18.4 Å². The van der Waals surface area contributed by atoms with Crippen molar-refractivity contribution in [1.29, 1.82) is 0 Å². The van der Waals surface area contributed by atoms with Gasteiger partial charge >= 0.3 is 0 Å². The monoisotopic (exact) mass is 574 g/mol. The van der Waals surface area contributed by atoms with E-state index in [0.29, 0.717) is 18.0 Å². The van der Waals surface area contributed by atoms with Gasteiger partial charge in [-0.1, -0.05) is 17.9 Å². The van der Waals surface area contributed by atoms with Crippen LogP contribution in [0.3, 0.4) is 0 Å². The van der Waals surface area contributed by atoms with E-state index in [1.54, 1.807) is 12.3 Å². The molecule has 2 aromatic heterocycles. The molecule has 0 unspecified atom stereocenters. The maximum absolute atomic E-state index is 12.4. The van der Waals surface area contributed by atoms with Gasteiger partial charge in [0.1, 0.15) is 11.4 Å². The van der Waals surface area contributed by atoms with E-state index in [4.69, 9.17) is 10.1 Å². The molecule has 4 aromatic rings. The molecule has 0 atom stereocenters. The fraction of sp³-hybridized carbons (Fsp3) is 0.290. The van der Waals surface area contributed by atoms with Crippen LogP contribution in [0.5, 0.6) is 0 Å². The Kier molecular flexibility index (Phi) is 10.7. The van der Waals surface area contributed by atoms with Gasteiger partial charge in [0.15, 0.2) is 11.6 Å². The highest BCUT2D eigenvalue weighted by Gasteiger charge is 2.17. The highest BCUT2D eigenvalue weighted by molar-refractivity contribution is 5.93. The Morgan fingerprint density at radius 3 is 2.67 bits per heavy atom. The number of likely N-dealkylation sites (tertiary alicyclic amines) is 1. The SMILES string of the molecule is CN1CCC(Nc2cnc3ccc(C#CCNC(=O)c4ccc[nH]c4=O)cc3n2)CC1.OCCc1ccc(F)c(F)c1. The number of hydrogen-bond donors (Lipinski definition) is 4. The Balaban J connectivity index is 0.000000310. The second kappa shape index (κ2) is 14.8. The number of carbonyl (C=O) groups excluding carboxylic acids is 1. The number of aromatic nitrogens is 3. The van der Waals surface area contributed by atoms with Crippen LogP contribution in [0, 0.1) is 23.5 Å². The molecule has 1 aliphatic heterocycles. The third kappa shape index (κ3) is 8.67. The molecule has 0 bridgehead atoms. The number of hydrogen-bond acceptors (Lipinski definition) is 7. The Hall–Kier alpha value is -4.66. The quantitative estimate of drug-likeness (QED) is 0.261. The van der Waals surface area contributed by atoms with Crippen molar-refractivity contribution in [3.05, 3.63) is 99.6 Å². The zero-order valence-corrected chi connectivity index (χ0v) is 23.2. The Labute approximate surface area is 242 Å². The van der Waals surface area contributed by atoms with Crippen LogP contribution in [0.1, 0.15) is 34.3 Å². The van der Waals surface area contributed by atoms with Crippen molar-refractivity contribution in [2.24, 2.45) is 0 Å². The molecule has 0 radical (unpaired) electrons. The first kappa shape index (κ1) is 30.3. The van der Waals surface area contributed by atoms with Crippen molar-refractivity contribution >= 4 is 22.8 Å². The van der Waals surface area contributed by atoms with Gasteiger partial charge < -0.3 is 25.6 Å². The first-order valence-corrected chi connectivity index (χ1v) is 13.5. The van der Waals surface area contributed by atoms with E-state index in [1.807, 2.05) is 18.2 Å². The Bertz CT molecular complexity index is 1640. The molecular formula is C31H32F2N6O3. The molecule has 9 nitrogen and oxygen atoms in total. The number of nitrogens with one attached hydrogen (secondary N) is 3. The van der Waals surface area contributed by atoms with Crippen molar-refractivity contribution in [3.63, 3.8) is 0 Å². The molecule has 4 N–H and O–H groups in total. The van der Waals surface area contributed by atoms with Gasteiger partial charge in [-0.3, -0.25) is 14.6 Å². The normalized spacial score (nSPS) is 13.4. The van der Waals surface area contributed by atoms with Crippen molar-refractivity contribution in [1.82, 2.24) is 25.2 Å². The smallest absolute Gasteiger partial charge is 0.260 e. The molecule has 2 aromatic carbocycles. The number of aromatic amines is 1. The number of aliphatic hydroxyl groups excluding tert-OH is 1. The van der Waals surface area contributed by atoms with Gasteiger partial charge in [0.05, 0.1) is 23.8 Å². The summed E-state index contributed by atoms with van der Waals surface area (Å²) in [4.78, 5) is 37.7. The molecule has 1 amide bonds. The highest BCUT2D eigenvalue weighted by atomic mass is 19.2. The standard InChI is InChI=1S/C23H24N6O2.C8H8F2O/c1-29-12-8-17(9-13-29)27-21-15-26-19-7-6-16(14-20(19)28-21)4-2-10-24-22(30)18-5-3-11-25-23(18)31;9-7-2-1-6(3-4-11)5-8(7)10/h3,5-7,11,14-15,17H,8-10,12-13H2,1H3,(H,24,30)(H,25,31)(H,27,28);1-2,5,11H,3-4H2. The lowest BCUT2D eigenvalue weighted by molar-refractivity contribution is 0.0957. The third-order valence-corrected chi connectivity index (χ3v) is 6.63. The lowest BCUT2D eigenvalue weighted by atomic mass is 10.1. The molecular weight excluding hydrogens is 542 g/mol. The number of pyridine rings is 1. The predicted molar refractivity (Wildman–Crippen MR) is 157 cm³/mol. The molecule has 11 heteroatoms. The number of H-pyrrole nitrogens is 1. The van der Waals surface area contributed by atoms with Crippen LogP contribution < -0.4 is 16.2 Å². The molecule has 3 heterocycles. The molecule has 5 rings (SSSR count). The summed E-state index contributed by atoms with van der Waals surface area (Å²) in [6, 6.07) is 12.7. The zero-order valence-electron chi connectivity index (χ0n) is 23.2. The van der Waals surface area contributed by atoms with Gasteiger partial charge in [-0.05, 0) is 87.4 Å². The molecule has 0 saturated carbocycles. The first-order valence-electron chi connectivity index (χ1n) is 13.5. The molecule has 0 spiro atoms. The Morgan fingerprint density at radius 2 is 1.93 bits per heavy atom. The van der Waals surface area contributed by atoms with Gasteiger partial charge in [0.25, 0.3) is 11.5 Å². The maximum atomic E-state index is 12.4. The van der Waals surface area contributed by atoms with Crippen LogP contribution in [0.15, 0.2) is 65.7 Å². The topological polar surface area (TPSA) is 123 Å². The van der Waals surface area contributed by atoms with Crippen molar-refractivity contribution in [2.75, 3.05) is 38.6 Å². The number of halogens is 2. The van der Waals surface area contributed by atoms with E-state index >= 15 is 0 Å². The number of aliphatic hydroxyl groups is 1. The minimum atomic E-state index is -0.865. The number of rotatable bonds is 6. The van der Waals surface area contributed by atoms with Crippen LogP contribution in [-0.2, 0) is 6.42 Å². The lowest BCUT2D eigenvalue weighted by Crippen LogP contribution is -2.36. The van der Waals surface area contributed by atoms with Crippen molar-refractivity contribution in [3.8, 4) is 11.8 Å². The summed E-state index contributed by atoms with van der Waals surface area (Å²) in [6.07, 6.45) is 5.78. The van der Waals surface area contributed by atoms with E-state index in [-0.39, 0.29) is 18.7 Å². The van der Waals surface area contributed by atoms with Crippen LogP contribution in [0.25, 0.3) is 11.0 Å². The van der Waals surface area contributed by atoms with Crippen LogP contribution in [-0.4, -0.2) is 70.2 Å². The maximum Gasteiger partial charge on any atom is 0.260 e. The number of anilines is 1. The predicted octanol–water partition coefficient (Wildman–Crippen LogP) is 3.11. The van der Waals surface area contributed by atoms with Gasteiger partial charge in [-0.25, -0.2) is 13.8 Å². The van der Waals surface area contributed by atoms with Crippen molar-refractivity contribution in [2.45, 2.75) is 25.3 Å². The van der Waals surface area contributed by atoms with Gasteiger partial charge in [-0.2, -0.15) is 0 Å². The largest absolute Gasteiger partial charge is 0.396 e. The van der Waals surface area contributed by atoms with Crippen LogP contribution in [0.4, 0.5) is 14.6 Å². The summed E-state index contributed by atoms with van der Waals surface area (Å²) in [5, 5.41) is 14.6. The number of nitrogens with zero attached hydrogens (tertiary/aromatic N) is 3. The zero-order chi connectivity index (χ0) is 29.9. The number of fused-ring (bicyclic) bond motifs is 1. The molecule has 1 fully saturated rings. The molecule has 218 valence electrons. The number of amides is 1. The summed E-state index contributed by atoms with van der Waals surface area (Å²) in [7, 11) is 2.14. The minimum Gasteiger partial charge on any atom is -0.396 e.